The van der Waals surface area contributed by atoms with Gasteiger partial charge in [0.1, 0.15) is 23.6 Å². The number of likely N-dealkylation sites (N-methyl/N-ethyl adjacent to an activating group) is 1. The number of fused-ring (bicyclic) bond motifs is 1. The van der Waals surface area contributed by atoms with Crippen molar-refractivity contribution in [2.24, 2.45) is 0 Å². The van der Waals surface area contributed by atoms with Crippen LogP contribution in [0.5, 0.6) is 0 Å². The Morgan fingerprint density at radius 1 is 0.953 bits per heavy atom. The third-order valence-corrected chi connectivity index (χ3v) is 7.68. The second kappa shape index (κ2) is 11.4. The number of benzene rings is 2. The number of carbonyl (C=O) groups is 1. The standard InChI is InChI=1S/C31H36N10O2/c1-5-39-14-16-40(17-15-39)22-10-6-20(7-11-22)27-26-28(32)33-19-34-29(26)41(37-27)23-12-8-21(9-13-23)35-30(42)36-25-18-24(43-38-25)31(2,3)4/h6-13,18-19H,5,14-17H2,1-4H3,(H2,32,33,34)(H2,35,36,38,42). The fourth-order valence-corrected chi connectivity index (χ4v) is 5.16. The van der Waals surface area contributed by atoms with Crippen molar-refractivity contribution in [3.63, 3.8) is 0 Å². The summed E-state index contributed by atoms with van der Waals surface area (Å²) in [6.45, 7) is 13.5. The molecule has 0 saturated carbocycles. The third kappa shape index (κ3) is 5.86. The van der Waals surface area contributed by atoms with E-state index in [1.54, 1.807) is 22.9 Å². The van der Waals surface area contributed by atoms with Gasteiger partial charge in [-0.2, -0.15) is 5.10 Å². The highest BCUT2D eigenvalue weighted by Crippen LogP contribution is 2.33. The lowest BCUT2D eigenvalue weighted by molar-refractivity contribution is 0.262. The molecule has 0 radical (unpaired) electrons. The van der Waals surface area contributed by atoms with Crippen molar-refractivity contribution >= 4 is 40.1 Å². The van der Waals surface area contributed by atoms with Crippen LogP contribution >= 0.6 is 0 Å². The normalized spacial score (nSPS) is 14.3. The smallest absolute Gasteiger partial charge is 0.324 e. The number of urea groups is 1. The average molecular weight is 581 g/mol. The zero-order chi connectivity index (χ0) is 30.1. The SMILES string of the molecule is CCN1CCN(c2ccc(-c3nn(-c4ccc(NC(=O)Nc5cc(C(C)(C)C)on5)cc4)c4ncnc(N)c34)cc2)CC1. The number of anilines is 4. The van der Waals surface area contributed by atoms with E-state index in [0.29, 0.717) is 39.8 Å². The summed E-state index contributed by atoms with van der Waals surface area (Å²) in [6.07, 6.45) is 1.44. The Labute approximate surface area is 249 Å². The molecule has 1 aliphatic heterocycles. The molecule has 1 fully saturated rings. The lowest BCUT2D eigenvalue weighted by Crippen LogP contribution is -2.46. The fraction of sp³-hybridized carbons (Fsp3) is 0.323. The molecule has 1 aliphatic rings. The van der Waals surface area contributed by atoms with Gasteiger partial charge in [-0.25, -0.2) is 19.4 Å². The molecule has 0 spiro atoms. The zero-order valence-electron chi connectivity index (χ0n) is 24.8. The Morgan fingerprint density at radius 2 is 1.65 bits per heavy atom. The van der Waals surface area contributed by atoms with Gasteiger partial charge < -0.3 is 25.4 Å². The minimum absolute atomic E-state index is 0.209. The van der Waals surface area contributed by atoms with E-state index in [4.69, 9.17) is 15.4 Å². The van der Waals surface area contributed by atoms with Gasteiger partial charge in [-0.05, 0) is 42.9 Å². The molecule has 0 atom stereocenters. The average Bonchev–Trinajstić information content (AvgIpc) is 3.64. The minimum Gasteiger partial charge on any atom is -0.383 e. The van der Waals surface area contributed by atoms with Crippen LogP contribution < -0.4 is 21.3 Å². The minimum atomic E-state index is -0.426. The second-order valence-electron chi connectivity index (χ2n) is 11.6. The molecule has 0 bridgehead atoms. The van der Waals surface area contributed by atoms with E-state index >= 15 is 0 Å². The molecule has 2 aromatic carbocycles. The first-order chi connectivity index (χ1) is 20.7. The van der Waals surface area contributed by atoms with Crippen LogP contribution in [0.25, 0.3) is 28.0 Å². The van der Waals surface area contributed by atoms with Gasteiger partial charge in [0.15, 0.2) is 11.5 Å². The second-order valence-corrected chi connectivity index (χ2v) is 11.6. The van der Waals surface area contributed by atoms with Crippen molar-refractivity contribution in [3.8, 4) is 16.9 Å². The maximum absolute atomic E-state index is 12.6. The zero-order valence-corrected chi connectivity index (χ0v) is 24.8. The number of nitrogens with zero attached hydrogens (tertiary/aromatic N) is 7. The Morgan fingerprint density at radius 3 is 2.30 bits per heavy atom. The fourth-order valence-electron chi connectivity index (χ4n) is 5.16. The van der Waals surface area contributed by atoms with Gasteiger partial charge >= 0.3 is 6.03 Å². The lowest BCUT2D eigenvalue weighted by atomic mass is 9.93. The summed E-state index contributed by atoms with van der Waals surface area (Å²) in [5.41, 5.74) is 10.9. The van der Waals surface area contributed by atoms with Crippen LogP contribution in [0.2, 0.25) is 0 Å². The maximum atomic E-state index is 12.6. The first kappa shape index (κ1) is 28.2. The Balaban J connectivity index is 1.21. The van der Waals surface area contributed by atoms with Gasteiger partial charge in [0.2, 0.25) is 0 Å². The molecule has 0 aliphatic carbocycles. The van der Waals surface area contributed by atoms with E-state index in [9.17, 15) is 4.79 Å². The van der Waals surface area contributed by atoms with Crippen LogP contribution in [0.3, 0.4) is 0 Å². The number of carbonyl (C=O) groups excluding carboxylic acids is 1. The molecule has 43 heavy (non-hydrogen) atoms. The van der Waals surface area contributed by atoms with Crippen LogP contribution in [0, 0.1) is 0 Å². The van der Waals surface area contributed by atoms with Crippen LogP contribution in [0.15, 0.2) is 65.4 Å². The predicted molar refractivity (Wildman–Crippen MR) is 169 cm³/mol. The van der Waals surface area contributed by atoms with Crippen LogP contribution in [-0.2, 0) is 5.41 Å². The Hall–Kier alpha value is -4.97. The molecule has 6 rings (SSSR count). The maximum Gasteiger partial charge on any atom is 0.324 e. The van der Waals surface area contributed by atoms with E-state index in [2.05, 4.69) is 66.7 Å². The summed E-state index contributed by atoms with van der Waals surface area (Å²) >= 11 is 0. The number of rotatable bonds is 6. The first-order valence-electron chi connectivity index (χ1n) is 14.4. The number of aromatic nitrogens is 5. The lowest BCUT2D eigenvalue weighted by Gasteiger charge is -2.35. The summed E-state index contributed by atoms with van der Waals surface area (Å²) in [6, 6.07) is 17.0. The van der Waals surface area contributed by atoms with Gasteiger partial charge in [0.25, 0.3) is 0 Å². The van der Waals surface area contributed by atoms with Crippen molar-refractivity contribution < 1.29 is 9.32 Å². The van der Waals surface area contributed by atoms with Crippen molar-refractivity contribution in [3.05, 3.63) is 66.7 Å². The van der Waals surface area contributed by atoms with E-state index in [1.807, 2.05) is 32.9 Å². The van der Waals surface area contributed by atoms with Crippen LogP contribution in [-0.4, -0.2) is 68.6 Å². The number of nitrogens with one attached hydrogen (secondary N) is 2. The van der Waals surface area contributed by atoms with Crippen molar-refractivity contribution in [2.75, 3.05) is 54.0 Å². The van der Waals surface area contributed by atoms with Crippen LogP contribution in [0.4, 0.5) is 27.8 Å². The molecule has 2 amide bonds. The number of piperazine rings is 1. The molecule has 4 N–H and O–H groups in total. The highest BCUT2D eigenvalue weighted by Gasteiger charge is 2.22. The van der Waals surface area contributed by atoms with Crippen molar-refractivity contribution in [2.45, 2.75) is 33.1 Å². The molecule has 0 unspecified atom stereocenters. The molecule has 3 aromatic heterocycles. The first-order valence-corrected chi connectivity index (χ1v) is 14.4. The topological polar surface area (TPSA) is 143 Å². The van der Waals surface area contributed by atoms with E-state index < -0.39 is 6.03 Å². The van der Waals surface area contributed by atoms with Crippen molar-refractivity contribution in [1.29, 1.82) is 0 Å². The number of nitrogen functional groups attached to an aromatic ring is 1. The van der Waals surface area contributed by atoms with Crippen molar-refractivity contribution in [1.82, 2.24) is 29.8 Å². The van der Waals surface area contributed by atoms with Gasteiger partial charge in [0, 0.05) is 54.6 Å². The molecular weight excluding hydrogens is 544 g/mol. The van der Waals surface area contributed by atoms with Gasteiger partial charge in [-0.1, -0.05) is 45.0 Å². The molecule has 5 aromatic rings. The summed E-state index contributed by atoms with van der Waals surface area (Å²) in [5.74, 6) is 1.39. The number of amides is 2. The molecule has 12 nitrogen and oxygen atoms in total. The summed E-state index contributed by atoms with van der Waals surface area (Å²) in [7, 11) is 0. The summed E-state index contributed by atoms with van der Waals surface area (Å²) < 4.78 is 7.08. The quantitative estimate of drug-likeness (QED) is 0.249. The van der Waals surface area contributed by atoms with E-state index in [-0.39, 0.29) is 5.41 Å². The van der Waals surface area contributed by atoms with Gasteiger partial charge in [-0.3, -0.25) is 5.32 Å². The molecule has 12 heteroatoms. The van der Waals surface area contributed by atoms with E-state index in [0.717, 1.165) is 44.0 Å². The highest BCUT2D eigenvalue weighted by atomic mass is 16.5. The molecule has 1 saturated heterocycles. The largest absolute Gasteiger partial charge is 0.383 e. The summed E-state index contributed by atoms with van der Waals surface area (Å²) in [4.78, 5) is 26.2. The highest BCUT2D eigenvalue weighted by molar-refractivity contribution is 6.00. The third-order valence-electron chi connectivity index (χ3n) is 7.68. The Kier molecular flexibility index (Phi) is 7.45. The van der Waals surface area contributed by atoms with Gasteiger partial charge in [0.05, 0.1) is 11.1 Å². The van der Waals surface area contributed by atoms with Crippen LogP contribution in [0.1, 0.15) is 33.5 Å². The summed E-state index contributed by atoms with van der Waals surface area (Å²) in [5, 5.41) is 15.1. The molecule has 222 valence electrons. The van der Waals surface area contributed by atoms with E-state index in [1.165, 1.54) is 12.0 Å². The molecule has 4 heterocycles. The monoisotopic (exact) mass is 580 g/mol. The number of hydrogen-bond acceptors (Lipinski definition) is 9. The van der Waals surface area contributed by atoms with Gasteiger partial charge in [-0.15, -0.1) is 0 Å². The molecular formula is C31H36N10O2. The number of hydrogen-bond donors (Lipinski definition) is 3. The predicted octanol–water partition coefficient (Wildman–Crippen LogP) is 5.14. The number of nitrogens with two attached hydrogens (primary N) is 1. The Bertz CT molecular complexity index is 1730.